The highest BCUT2D eigenvalue weighted by Gasteiger charge is 2.33. The van der Waals surface area contributed by atoms with Crippen LogP contribution in [0.15, 0.2) is 24.3 Å². The van der Waals surface area contributed by atoms with Crippen molar-refractivity contribution in [3.8, 4) is 5.75 Å². The van der Waals surface area contributed by atoms with Crippen LogP contribution in [-0.2, 0) is 11.2 Å². The van der Waals surface area contributed by atoms with Crippen LogP contribution in [0.4, 0.5) is 0 Å². The Hall–Kier alpha value is -1.55. The SMILES string of the molecule is CCC(C)NC(C)(CCc1ccc(O)cc1)C(=O)O. The van der Waals surface area contributed by atoms with Gasteiger partial charge in [-0.2, -0.15) is 0 Å². The summed E-state index contributed by atoms with van der Waals surface area (Å²) < 4.78 is 0. The molecule has 0 radical (unpaired) electrons. The molecule has 106 valence electrons. The van der Waals surface area contributed by atoms with Gasteiger partial charge in [-0.3, -0.25) is 10.1 Å². The van der Waals surface area contributed by atoms with Gasteiger partial charge in [-0.15, -0.1) is 0 Å². The molecule has 2 atom stereocenters. The molecule has 0 heterocycles. The molecule has 0 aromatic heterocycles. The van der Waals surface area contributed by atoms with Crippen LogP contribution in [0.25, 0.3) is 0 Å². The number of carbonyl (C=O) groups is 1. The summed E-state index contributed by atoms with van der Waals surface area (Å²) in [5.41, 5.74) is 0.101. The van der Waals surface area contributed by atoms with Gasteiger partial charge in [-0.1, -0.05) is 19.1 Å². The third-order valence-corrected chi connectivity index (χ3v) is 3.50. The van der Waals surface area contributed by atoms with E-state index in [1.165, 1.54) is 0 Å². The van der Waals surface area contributed by atoms with E-state index in [2.05, 4.69) is 5.32 Å². The number of hydrogen-bond acceptors (Lipinski definition) is 3. The minimum Gasteiger partial charge on any atom is -0.508 e. The molecule has 4 nitrogen and oxygen atoms in total. The summed E-state index contributed by atoms with van der Waals surface area (Å²) in [5, 5.41) is 21.8. The number of aromatic hydroxyl groups is 1. The van der Waals surface area contributed by atoms with E-state index in [0.29, 0.717) is 12.8 Å². The first kappa shape index (κ1) is 15.5. The van der Waals surface area contributed by atoms with Crippen LogP contribution in [-0.4, -0.2) is 27.8 Å². The van der Waals surface area contributed by atoms with E-state index >= 15 is 0 Å². The molecule has 0 saturated heterocycles. The zero-order valence-corrected chi connectivity index (χ0v) is 11.8. The summed E-state index contributed by atoms with van der Waals surface area (Å²) in [6.45, 7) is 5.74. The van der Waals surface area contributed by atoms with Gasteiger partial charge in [0.2, 0.25) is 0 Å². The summed E-state index contributed by atoms with van der Waals surface area (Å²) in [4.78, 5) is 11.4. The number of benzene rings is 1. The van der Waals surface area contributed by atoms with Crippen LogP contribution in [0.3, 0.4) is 0 Å². The van der Waals surface area contributed by atoms with Crippen molar-refractivity contribution in [1.82, 2.24) is 5.32 Å². The zero-order chi connectivity index (χ0) is 14.5. The fourth-order valence-corrected chi connectivity index (χ4v) is 1.94. The molecule has 3 N–H and O–H groups in total. The Morgan fingerprint density at radius 1 is 1.37 bits per heavy atom. The second-order valence-corrected chi connectivity index (χ2v) is 5.26. The van der Waals surface area contributed by atoms with Crippen molar-refractivity contribution in [2.75, 3.05) is 0 Å². The molecule has 19 heavy (non-hydrogen) atoms. The van der Waals surface area contributed by atoms with E-state index in [0.717, 1.165) is 12.0 Å². The largest absolute Gasteiger partial charge is 0.508 e. The number of carboxylic acid groups (broad SMARTS) is 1. The molecule has 2 unspecified atom stereocenters. The minimum atomic E-state index is -0.923. The molecule has 0 aliphatic carbocycles. The fourth-order valence-electron chi connectivity index (χ4n) is 1.94. The van der Waals surface area contributed by atoms with E-state index in [4.69, 9.17) is 0 Å². The van der Waals surface area contributed by atoms with Crippen molar-refractivity contribution < 1.29 is 15.0 Å². The Morgan fingerprint density at radius 2 is 1.95 bits per heavy atom. The molecule has 4 heteroatoms. The number of aliphatic carboxylic acids is 1. The Balaban J connectivity index is 2.68. The average Bonchev–Trinajstić information content (AvgIpc) is 2.37. The van der Waals surface area contributed by atoms with Crippen LogP contribution < -0.4 is 5.32 Å². The lowest BCUT2D eigenvalue weighted by Gasteiger charge is -2.29. The molecule has 0 amide bonds. The highest BCUT2D eigenvalue weighted by molar-refractivity contribution is 5.78. The van der Waals surface area contributed by atoms with E-state index < -0.39 is 11.5 Å². The summed E-state index contributed by atoms with van der Waals surface area (Å²) in [7, 11) is 0. The van der Waals surface area contributed by atoms with Gasteiger partial charge in [0.15, 0.2) is 0 Å². The highest BCUT2D eigenvalue weighted by atomic mass is 16.4. The number of rotatable bonds is 7. The number of aryl methyl sites for hydroxylation is 1. The summed E-state index contributed by atoms with van der Waals surface area (Å²) in [6, 6.07) is 7.05. The van der Waals surface area contributed by atoms with E-state index in [1.807, 2.05) is 26.0 Å². The van der Waals surface area contributed by atoms with Crippen LogP contribution in [0.1, 0.15) is 39.2 Å². The van der Waals surface area contributed by atoms with Crippen LogP contribution in [0.2, 0.25) is 0 Å². The van der Waals surface area contributed by atoms with Crippen molar-refractivity contribution in [3.63, 3.8) is 0 Å². The maximum Gasteiger partial charge on any atom is 0.323 e. The Bertz CT molecular complexity index is 416. The van der Waals surface area contributed by atoms with Gasteiger partial charge < -0.3 is 10.2 Å². The second kappa shape index (κ2) is 6.57. The van der Waals surface area contributed by atoms with Crippen molar-refractivity contribution in [1.29, 1.82) is 0 Å². The summed E-state index contributed by atoms with van der Waals surface area (Å²) in [5.74, 6) is -0.603. The molecule has 0 spiro atoms. The fraction of sp³-hybridized carbons (Fsp3) is 0.533. The standard InChI is InChI=1S/C15H23NO3/c1-4-11(2)16-15(3,14(18)19)10-9-12-5-7-13(17)8-6-12/h5-8,11,16-17H,4,9-10H2,1-3H3,(H,18,19). The van der Waals surface area contributed by atoms with Gasteiger partial charge in [0, 0.05) is 6.04 Å². The first-order chi connectivity index (χ1) is 8.87. The Kier molecular flexibility index (Phi) is 5.36. The van der Waals surface area contributed by atoms with Crippen LogP contribution in [0.5, 0.6) is 5.75 Å². The highest BCUT2D eigenvalue weighted by Crippen LogP contribution is 2.18. The minimum absolute atomic E-state index is 0.168. The second-order valence-electron chi connectivity index (χ2n) is 5.26. The maximum absolute atomic E-state index is 11.4. The molecule has 1 aromatic carbocycles. The van der Waals surface area contributed by atoms with Crippen molar-refractivity contribution >= 4 is 5.97 Å². The molecule has 1 aromatic rings. The van der Waals surface area contributed by atoms with E-state index in [-0.39, 0.29) is 11.8 Å². The lowest BCUT2D eigenvalue weighted by Crippen LogP contribution is -2.53. The maximum atomic E-state index is 11.4. The van der Waals surface area contributed by atoms with Crippen LogP contribution in [0, 0.1) is 0 Å². The molecule has 0 bridgehead atoms. The number of phenolic OH excluding ortho intramolecular Hbond substituents is 1. The Morgan fingerprint density at radius 3 is 2.42 bits per heavy atom. The monoisotopic (exact) mass is 265 g/mol. The topological polar surface area (TPSA) is 69.6 Å². The van der Waals surface area contributed by atoms with E-state index in [9.17, 15) is 15.0 Å². The van der Waals surface area contributed by atoms with Gasteiger partial charge >= 0.3 is 5.97 Å². The molecule has 0 fully saturated rings. The third-order valence-electron chi connectivity index (χ3n) is 3.50. The van der Waals surface area contributed by atoms with Crippen LogP contribution >= 0.6 is 0 Å². The zero-order valence-electron chi connectivity index (χ0n) is 11.8. The Labute approximate surface area is 114 Å². The molecule has 0 aliphatic rings. The molecular formula is C15H23NO3. The predicted molar refractivity (Wildman–Crippen MR) is 75.4 cm³/mol. The first-order valence-corrected chi connectivity index (χ1v) is 6.66. The lowest BCUT2D eigenvalue weighted by atomic mass is 9.92. The first-order valence-electron chi connectivity index (χ1n) is 6.66. The molecule has 1 rings (SSSR count). The van der Waals surface area contributed by atoms with Gasteiger partial charge in [0.25, 0.3) is 0 Å². The number of carboxylic acids is 1. The van der Waals surface area contributed by atoms with Gasteiger partial charge in [0.1, 0.15) is 11.3 Å². The quantitative estimate of drug-likeness (QED) is 0.708. The van der Waals surface area contributed by atoms with Gasteiger partial charge in [-0.05, 0) is 50.8 Å². The third kappa shape index (κ3) is 4.56. The normalized spacial score (nSPS) is 15.7. The number of hydrogen-bond donors (Lipinski definition) is 3. The van der Waals surface area contributed by atoms with Crippen molar-refractivity contribution in [2.45, 2.75) is 51.6 Å². The molecular weight excluding hydrogens is 242 g/mol. The van der Waals surface area contributed by atoms with E-state index in [1.54, 1.807) is 19.1 Å². The van der Waals surface area contributed by atoms with Gasteiger partial charge in [0.05, 0.1) is 0 Å². The number of nitrogens with one attached hydrogen (secondary N) is 1. The predicted octanol–water partition coefficient (Wildman–Crippen LogP) is 2.56. The molecule has 0 aliphatic heterocycles. The lowest BCUT2D eigenvalue weighted by molar-refractivity contribution is -0.144. The smallest absolute Gasteiger partial charge is 0.323 e. The molecule has 0 saturated carbocycles. The van der Waals surface area contributed by atoms with Gasteiger partial charge in [-0.25, -0.2) is 0 Å². The summed E-state index contributed by atoms with van der Waals surface area (Å²) in [6.07, 6.45) is 2.06. The summed E-state index contributed by atoms with van der Waals surface area (Å²) >= 11 is 0. The van der Waals surface area contributed by atoms with Crippen molar-refractivity contribution in [3.05, 3.63) is 29.8 Å². The average molecular weight is 265 g/mol. The van der Waals surface area contributed by atoms with Crippen molar-refractivity contribution in [2.24, 2.45) is 0 Å². The number of phenols is 1.